The van der Waals surface area contributed by atoms with Crippen LogP contribution in [0.3, 0.4) is 0 Å². The smallest absolute Gasteiger partial charge is 0.432 e. The SMILES string of the molecule is CC=C(C)[C@]1(O)C[C@@H](OC(=O)N(Cl)C(C)=O)CC[C@]12CO2. The summed E-state index contributed by atoms with van der Waals surface area (Å²) in [5.41, 5.74) is -0.929. The zero-order valence-electron chi connectivity index (χ0n) is 12.4. The molecular weight excluding hydrogens is 298 g/mol. The molecule has 0 aromatic rings. The highest BCUT2D eigenvalue weighted by molar-refractivity contribution is 6.28. The number of allylic oxidation sites excluding steroid dienone is 1. The number of carbonyl (C=O) groups is 2. The van der Waals surface area contributed by atoms with Gasteiger partial charge < -0.3 is 14.6 Å². The fourth-order valence-corrected chi connectivity index (χ4v) is 2.91. The van der Waals surface area contributed by atoms with Gasteiger partial charge in [0.1, 0.15) is 17.3 Å². The van der Waals surface area contributed by atoms with Crippen molar-refractivity contribution in [3.05, 3.63) is 11.6 Å². The van der Waals surface area contributed by atoms with Crippen LogP contribution in [-0.2, 0) is 14.3 Å². The largest absolute Gasteiger partial charge is 0.445 e. The van der Waals surface area contributed by atoms with Crippen LogP contribution in [0.25, 0.3) is 0 Å². The summed E-state index contributed by atoms with van der Waals surface area (Å²) in [6, 6.07) is 0. The molecule has 2 amide bonds. The van der Waals surface area contributed by atoms with Crippen LogP contribution in [0.15, 0.2) is 11.6 Å². The fourth-order valence-electron chi connectivity index (χ4n) is 2.87. The van der Waals surface area contributed by atoms with Crippen molar-refractivity contribution in [2.24, 2.45) is 0 Å². The third-order valence-corrected chi connectivity index (χ3v) is 4.81. The molecule has 0 aromatic carbocycles. The molecule has 0 bridgehead atoms. The van der Waals surface area contributed by atoms with E-state index in [1.54, 1.807) is 0 Å². The van der Waals surface area contributed by atoms with Crippen molar-refractivity contribution in [2.45, 2.75) is 57.3 Å². The van der Waals surface area contributed by atoms with Crippen molar-refractivity contribution in [2.75, 3.05) is 6.61 Å². The minimum atomic E-state index is -1.15. The summed E-state index contributed by atoms with van der Waals surface area (Å²) in [6.45, 7) is 5.35. The van der Waals surface area contributed by atoms with Gasteiger partial charge in [0.25, 0.3) is 0 Å². The molecule has 1 aliphatic carbocycles. The molecule has 2 fully saturated rings. The van der Waals surface area contributed by atoms with Crippen LogP contribution >= 0.6 is 11.8 Å². The second-order valence-corrected chi connectivity index (χ2v) is 6.00. The van der Waals surface area contributed by atoms with E-state index in [1.807, 2.05) is 19.9 Å². The van der Waals surface area contributed by atoms with Gasteiger partial charge in [-0.2, -0.15) is 4.42 Å². The second-order valence-electron chi connectivity index (χ2n) is 5.66. The molecule has 1 saturated carbocycles. The first-order chi connectivity index (χ1) is 9.75. The monoisotopic (exact) mass is 317 g/mol. The Kier molecular flexibility index (Phi) is 4.33. The number of ether oxygens (including phenoxy) is 2. The number of imide groups is 1. The van der Waals surface area contributed by atoms with E-state index in [9.17, 15) is 14.7 Å². The summed E-state index contributed by atoms with van der Waals surface area (Å²) in [7, 11) is 0. The van der Waals surface area contributed by atoms with Crippen molar-refractivity contribution in [1.29, 1.82) is 0 Å². The van der Waals surface area contributed by atoms with Gasteiger partial charge >= 0.3 is 6.09 Å². The molecule has 118 valence electrons. The summed E-state index contributed by atoms with van der Waals surface area (Å²) >= 11 is 5.53. The molecule has 1 heterocycles. The van der Waals surface area contributed by atoms with E-state index >= 15 is 0 Å². The highest BCUT2D eigenvalue weighted by atomic mass is 35.5. The van der Waals surface area contributed by atoms with Crippen molar-refractivity contribution in [1.82, 2.24) is 4.42 Å². The minimum absolute atomic E-state index is 0.234. The Morgan fingerprint density at radius 3 is 2.57 bits per heavy atom. The Morgan fingerprint density at radius 1 is 1.48 bits per heavy atom. The van der Waals surface area contributed by atoms with E-state index < -0.39 is 29.3 Å². The van der Waals surface area contributed by atoms with Crippen LogP contribution in [0, 0.1) is 0 Å². The van der Waals surface area contributed by atoms with E-state index in [2.05, 4.69) is 0 Å². The van der Waals surface area contributed by atoms with Gasteiger partial charge in [-0.3, -0.25) is 4.79 Å². The van der Waals surface area contributed by atoms with E-state index in [0.717, 1.165) is 5.57 Å². The van der Waals surface area contributed by atoms with Gasteiger partial charge in [-0.15, -0.1) is 0 Å². The third kappa shape index (κ3) is 2.80. The fraction of sp³-hybridized carbons (Fsp3) is 0.714. The average Bonchev–Trinajstić information content (AvgIpc) is 3.22. The maximum absolute atomic E-state index is 11.7. The quantitative estimate of drug-likeness (QED) is 0.479. The molecular formula is C14H20ClNO5. The summed E-state index contributed by atoms with van der Waals surface area (Å²) in [5, 5.41) is 11.0. The van der Waals surface area contributed by atoms with Gasteiger partial charge in [0.2, 0.25) is 5.91 Å². The molecule has 2 aliphatic rings. The number of hydrogen-bond donors (Lipinski definition) is 1. The van der Waals surface area contributed by atoms with Crippen molar-refractivity contribution >= 4 is 23.8 Å². The number of epoxide rings is 1. The van der Waals surface area contributed by atoms with E-state index in [4.69, 9.17) is 21.3 Å². The molecule has 21 heavy (non-hydrogen) atoms. The average molecular weight is 318 g/mol. The molecule has 1 spiro atoms. The molecule has 6 nitrogen and oxygen atoms in total. The van der Waals surface area contributed by atoms with Crippen LogP contribution in [0.5, 0.6) is 0 Å². The lowest BCUT2D eigenvalue weighted by Gasteiger charge is -2.42. The van der Waals surface area contributed by atoms with Crippen LogP contribution in [0.1, 0.15) is 40.0 Å². The van der Waals surface area contributed by atoms with E-state index in [0.29, 0.717) is 23.9 Å². The first kappa shape index (κ1) is 16.3. The molecule has 0 aromatic heterocycles. The van der Waals surface area contributed by atoms with Crippen LogP contribution in [0.2, 0.25) is 0 Å². The number of aliphatic hydroxyl groups is 1. The van der Waals surface area contributed by atoms with Gasteiger partial charge in [-0.25, -0.2) is 4.79 Å². The molecule has 0 radical (unpaired) electrons. The molecule has 1 aliphatic heterocycles. The van der Waals surface area contributed by atoms with Crippen molar-refractivity contribution < 1.29 is 24.2 Å². The molecule has 0 unspecified atom stereocenters. The van der Waals surface area contributed by atoms with Crippen LogP contribution in [0.4, 0.5) is 4.79 Å². The Balaban J connectivity index is 2.08. The van der Waals surface area contributed by atoms with Gasteiger partial charge in [0, 0.05) is 25.1 Å². The Hall–Kier alpha value is -1.11. The zero-order valence-corrected chi connectivity index (χ0v) is 13.1. The third-order valence-electron chi connectivity index (χ3n) is 4.43. The standard InChI is InChI=1S/C14H20ClNO5/c1-4-9(2)14(19)7-11(5-6-13(14)8-20-13)21-12(18)16(15)10(3)17/h4,11,19H,5-8H2,1-3H3/t11-,13-,14+/m0/s1. The Morgan fingerprint density at radius 2 is 2.10 bits per heavy atom. The molecule has 2 rings (SSSR count). The number of amides is 2. The predicted molar refractivity (Wildman–Crippen MR) is 75.6 cm³/mol. The lowest BCUT2D eigenvalue weighted by molar-refractivity contribution is -0.124. The summed E-state index contributed by atoms with van der Waals surface area (Å²) < 4.78 is 11.1. The number of nitrogens with zero attached hydrogens (tertiary/aromatic N) is 1. The lowest BCUT2D eigenvalue weighted by Crippen LogP contribution is -2.53. The first-order valence-electron chi connectivity index (χ1n) is 6.92. The summed E-state index contributed by atoms with van der Waals surface area (Å²) in [4.78, 5) is 22.7. The van der Waals surface area contributed by atoms with Crippen molar-refractivity contribution in [3.63, 3.8) is 0 Å². The normalized spacial score (nSPS) is 35.5. The zero-order chi connectivity index (χ0) is 15.8. The predicted octanol–water partition coefficient (Wildman–Crippen LogP) is 2.14. The van der Waals surface area contributed by atoms with Gasteiger partial charge in [0.15, 0.2) is 0 Å². The Bertz CT molecular complexity index is 488. The van der Waals surface area contributed by atoms with Gasteiger partial charge in [0.05, 0.1) is 6.61 Å². The number of hydrogen-bond acceptors (Lipinski definition) is 5. The number of halogens is 1. The molecule has 3 atom stereocenters. The highest BCUT2D eigenvalue weighted by Gasteiger charge is 2.64. The summed E-state index contributed by atoms with van der Waals surface area (Å²) in [6.07, 6.45) is 1.80. The number of rotatable bonds is 2. The molecule has 7 heteroatoms. The second kappa shape index (κ2) is 5.59. The lowest BCUT2D eigenvalue weighted by atomic mass is 9.70. The topological polar surface area (TPSA) is 79.4 Å². The molecule has 1 N–H and O–H groups in total. The van der Waals surface area contributed by atoms with Crippen LogP contribution < -0.4 is 0 Å². The maximum atomic E-state index is 11.7. The Labute approximate surface area is 128 Å². The van der Waals surface area contributed by atoms with Crippen LogP contribution in [-0.4, -0.2) is 45.4 Å². The van der Waals surface area contributed by atoms with Crippen molar-refractivity contribution in [3.8, 4) is 0 Å². The number of carbonyl (C=O) groups excluding carboxylic acids is 2. The summed E-state index contributed by atoms with van der Waals surface area (Å²) in [5.74, 6) is -0.612. The van der Waals surface area contributed by atoms with E-state index in [1.165, 1.54) is 6.92 Å². The van der Waals surface area contributed by atoms with Gasteiger partial charge in [-0.1, -0.05) is 6.08 Å². The highest BCUT2D eigenvalue weighted by Crippen LogP contribution is 2.52. The van der Waals surface area contributed by atoms with E-state index in [-0.39, 0.29) is 6.42 Å². The first-order valence-corrected chi connectivity index (χ1v) is 7.26. The maximum Gasteiger partial charge on any atom is 0.432 e. The minimum Gasteiger partial charge on any atom is -0.445 e. The van der Waals surface area contributed by atoms with Gasteiger partial charge in [-0.05, 0) is 32.3 Å². The molecule has 1 saturated heterocycles.